The van der Waals surface area contributed by atoms with Crippen LogP contribution in [0.25, 0.3) is 44.3 Å². The molecule has 5 heteroatoms. The Bertz CT molecular complexity index is 2830. The van der Waals surface area contributed by atoms with Gasteiger partial charge in [-0.25, -0.2) is 4.99 Å². The van der Waals surface area contributed by atoms with Crippen LogP contribution in [0.5, 0.6) is 0 Å². The van der Waals surface area contributed by atoms with Crippen molar-refractivity contribution in [3.8, 4) is 5.69 Å². The molecule has 6 aromatic rings. The molecule has 3 heterocycles. The molecule has 0 fully saturated rings. The van der Waals surface area contributed by atoms with Gasteiger partial charge in [0.05, 0.1) is 11.0 Å². The van der Waals surface area contributed by atoms with E-state index in [2.05, 4.69) is 159 Å². The van der Waals surface area contributed by atoms with Crippen molar-refractivity contribution in [1.82, 2.24) is 19.8 Å². The lowest BCUT2D eigenvalue weighted by Gasteiger charge is -2.35. The van der Waals surface area contributed by atoms with Gasteiger partial charge in [-0.05, 0) is 132 Å². The Kier molecular flexibility index (Phi) is 7.41. The van der Waals surface area contributed by atoms with Crippen LogP contribution in [0.2, 0.25) is 0 Å². The Balaban J connectivity index is 1.09. The molecule has 12 rings (SSSR count). The Morgan fingerprint density at radius 3 is 2.43 bits per heavy atom. The van der Waals surface area contributed by atoms with Gasteiger partial charge in [-0.3, -0.25) is 9.88 Å². The molecular formula is C51H45N5. The second kappa shape index (κ2) is 12.8. The van der Waals surface area contributed by atoms with E-state index in [1.807, 2.05) is 0 Å². The van der Waals surface area contributed by atoms with Crippen LogP contribution in [0, 0.1) is 5.92 Å². The first-order valence-electron chi connectivity index (χ1n) is 20.8. The van der Waals surface area contributed by atoms with E-state index in [9.17, 15) is 0 Å². The number of hydrogen-bond donors (Lipinski definition) is 2. The molecule has 6 aliphatic rings. The van der Waals surface area contributed by atoms with Gasteiger partial charge in [-0.2, -0.15) is 0 Å². The molecule has 4 unspecified atom stereocenters. The maximum Gasteiger partial charge on any atom is 0.206 e. The second-order valence-electron chi connectivity index (χ2n) is 16.5. The third-order valence-corrected chi connectivity index (χ3v) is 13.4. The van der Waals surface area contributed by atoms with Gasteiger partial charge in [0.15, 0.2) is 0 Å². The zero-order valence-electron chi connectivity index (χ0n) is 31.6. The van der Waals surface area contributed by atoms with Gasteiger partial charge in [0.1, 0.15) is 12.3 Å². The second-order valence-corrected chi connectivity index (χ2v) is 16.5. The highest BCUT2D eigenvalue weighted by atomic mass is 15.4. The minimum Gasteiger partial charge on any atom is -0.336 e. The van der Waals surface area contributed by atoms with Crippen LogP contribution >= 0.6 is 0 Å². The van der Waals surface area contributed by atoms with E-state index in [1.165, 1.54) is 78.4 Å². The van der Waals surface area contributed by atoms with Crippen LogP contribution in [0.4, 0.5) is 0 Å². The minimum atomic E-state index is -0.147. The van der Waals surface area contributed by atoms with E-state index >= 15 is 0 Å². The van der Waals surface area contributed by atoms with Gasteiger partial charge in [-0.15, -0.1) is 0 Å². The van der Waals surface area contributed by atoms with Gasteiger partial charge in [0, 0.05) is 33.8 Å². The summed E-state index contributed by atoms with van der Waals surface area (Å²) in [6.07, 6.45) is 29.9. The quantitative estimate of drug-likeness (QED) is 0.191. The molecule has 4 aromatic carbocycles. The van der Waals surface area contributed by atoms with E-state index < -0.39 is 0 Å². The number of nitrogens with one attached hydrogen (secondary N) is 2. The largest absolute Gasteiger partial charge is 0.336 e. The molecule has 5 aliphatic carbocycles. The van der Waals surface area contributed by atoms with Gasteiger partial charge < -0.3 is 9.88 Å². The number of hydrogen-bond acceptors (Lipinski definition) is 3. The van der Waals surface area contributed by atoms with Crippen LogP contribution in [-0.2, 0) is 12.8 Å². The Morgan fingerprint density at radius 1 is 0.679 bits per heavy atom. The van der Waals surface area contributed by atoms with E-state index in [0.717, 1.165) is 50.9 Å². The fourth-order valence-corrected chi connectivity index (χ4v) is 10.7. The summed E-state index contributed by atoms with van der Waals surface area (Å²) in [4.78, 5) is 5.64. The number of fused-ring (bicyclic) bond motifs is 9. The first-order chi connectivity index (χ1) is 27.7. The van der Waals surface area contributed by atoms with Crippen molar-refractivity contribution in [2.24, 2.45) is 10.9 Å². The maximum atomic E-state index is 5.64. The van der Waals surface area contributed by atoms with E-state index in [1.54, 1.807) is 11.1 Å². The summed E-state index contributed by atoms with van der Waals surface area (Å²) in [5.74, 6) is 1.93. The average molecular weight is 728 g/mol. The molecule has 0 saturated carbocycles. The van der Waals surface area contributed by atoms with Crippen molar-refractivity contribution < 1.29 is 0 Å². The maximum absolute atomic E-state index is 5.64. The molecule has 0 amide bonds. The lowest BCUT2D eigenvalue weighted by atomic mass is 9.73. The molecule has 274 valence electrons. The molecule has 5 nitrogen and oxygen atoms in total. The lowest BCUT2D eigenvalue weighted by molar-refractivity contribution is 0.418. The van der Waals surface area contributed by atoms with Gasteiger partial charge in [0.25, 0.3) is 0 Å². The van der Waals surface area contributed by atoms with Crippen molar-refractivity contribution >= 4 is 44.6 Å². The van der Waals surface area contributed by atoms with Crippen molar-refractivity contribution in [1.29, 1.82) is 0 Å². The lowest BCUT2D eigenvalue weighted by Crippen LogP contribution is -2.51. The summed E-state index contributed by atoms with van der Waals surface area (Å²) in [7, 11) is 0. The highest BCUT2D eigenvalue weighted by molar-refractivity contribution is 6.17. The normalized spacial score (nSPS) is 23.8. The third kappa shape index (κ3) is 5.07. The number of benzene rings is 4. The topological polar surface area (TPSA) is 46.3 Å². The molecule has 56 heavy (non-hydrogen) atoms. The zero-order valence-corrected chi connectivity index (χ0v) is 31.6. The predicted octanol–water partition coefficient (Wildman–Crippen LogP) is 11.3. The molecule has 2 aromatic heterocycles. The summed E-state index contributed by atoms with van der Waals surface area (Å²) in [5, 5.41) is 12.9. The van der Waals surface area contributed by atoms with Crippen LogP contribution in [0.15, 0.2) is 155 Å². The molecule has 4 atom stereocenters. The Labute approximate surface area is 327 Å². The Morgan fingerprint density at radius 2 is 1.50 bits per heavy atom. The van der Waals surface area contributed by atoms with Gasteiger partial charge in [0.2, 0.25) is 5.96 Å². The number of aromatic nitrogens is 2. The highest BCUT2D eigenvalue weighted by Crippen LogP contribution is 2.47. The van der Waals surface area contributed by atoms with Crippen LogP contribution < -0.4 is 10.6 Å². The summed E-state index contributed by atoms with van der Waals surface area (Å²) in [6.45, 7) is 0. The third-order valence-electron chi connectivity index (χ3n) is 13.4. The average Bonchev–Trinajstić information content (AvgIpc) is 3.77. The fraction of sp³-hybridized carbons (Fsp3) is 0.235. The van der Waals surface area contributed by atoms with Crippen LogP contribution in [-0.4, -0.2) is 21.3 Å². The number of rotatable bonds is 3. The fourth-order valence-electron chi connectivity index (χ4n) is 10.7. The van der Waals surface area contributed by atoms with Gasteiger partial charge in [-0.1, -0.05) is 109 Å². The molecule has 2 N–H and O–H groups in total. The first-order valence-corrected chi connectivity index (χ1v) is 20.8. The summed E-state index contributed by atoms with van der Waals surface area (Å²) < 4.78 is 5.05. The van der Waals surface area contributed by atoms with Crippen LogP contribution in [0.3, 0.4) is 0 Å². The van der Waals surface area contributed by atoms with E-state index in [-0.39, 0.29) is 12.3 Å². The number of allylic oxidation sites excluding steroid dienone is 10. The van der Waals surface area contributed by atoms with Crippen molar-refractivity contribution in [3.05, 3.63) is 178 Å². The van der Waals surface area contributed by atoms with E-state index in [0.29, 0.717) is 11.8 Å². The highest BCUT2D eigenvalue weighted by Gasteiger charge is 2.36. The number of nitrogens with zero attached hydrogens (tertiary/aromatic N) is 3. The molecule has 0 saturated heterocycles. The standard InChI is InChI=1S/C51H45N5/c1-2-14-34(15-3-1)49-52-50(38-23-22-32-12-4-5-16-35(32)28-38)54-51(53-49)56-46-30-37-18-7-6-17-36(37)29-43(46)41-26-25-39(31-47(41)56)55-44-21-11-10-20-42(44)48-40-19-9-8-13-33(40)24-27-45(48)55/h1-4,6-9,11-15,17-19,21,25-26,28-31,33,40,49-50,52H,5,10,16,20,22-24,27H2,(H,53,54). The monoisotopic (exact) mass is 727 g/mol. The molecule has 0 spiro atoms. The molecular weight excluding hydrogens is 683 g/mol. The summed E-state index contributed by atoms with van der Waals surface area (Å²) >= 11 is 0. The van der Waals surface area contributed by atoms with Crippen molar-refractivity contribution in [2.45, 2.75) is 69.6 Å². The Hall–Kier alpha value is -5.91. The zero-order chi connectivity index (χ0) is 36.7. The van der Waals surface area contributed by atoms with E-state index in [4.69, 9.17) is 4.99 Å². The van der Waals surface area contributed by atoms with Crippen molar-refractivity contribution in [3.63, 3.8) is 0 Å². The smallest absolute Gasteiger partial charge is 0.206 e. The first kappa shape index (κ1) is 32.3. The summed E-state index contributed by atoms with van der Waals surface area (Å²) in [6, 6.07) is 31.5. The van der Waals surface area contributed by atoms with Crippen molar-refractivity contribution in [2.75, 3.05) is 0 Å². The molecule has 0 radical (unpaired) electrons. The SMILES string of the molecule is C1=CC2CCc3c(c4c(n3-c3ccc5c6cc7ccccc7cc6n(C6=NC(C7=CC8=C(C=CCC8)CC7)NC(c7ccccc7)N6)c5c3)C=CCC4)C2C=C1. The van der Waals surface area contributed by atoms with Crippen LogP contribution in [0.1, 0.15) is 78.7 Å². The van der Waals surface area contributed by atoms with Gasteiger partial charge >= 0.3 is 0 Å². The minimum absolute atomic E-state index is 0.105. The predicted molar refractivity (Wildman–Crippen MR) is 231 cm³/mol. The molecule has 0 bridgehead atoms. The molecule has 1 aliphatic heterocycles. The summed E-state index contributed by atoms with van der Waals surface area (Å²) in [5.41, 5.74) is 15.1. The number of aliphatic imine (C=N–C) groups is 1.